The Bertz CT molecular complexity index is 627. The lowest BCUT2D eigenvalue weighted by atomic mass is 9.92. The summed E-state index contributed by atoms with van der Waals surface area (Å²) >= 11 is 0. The second kappa shape index (κ2) is 6.57. The number of aromatic nitrogens is 2. The number of primary amides is 1. The van der Waals surface area contributed by atoms with Gasteiger partial charge < -0.3 is 10.6 Å². The van der Waals surface area contributed by atoms with Crippen LogP contribution in [0.1, 0.15) is 76.5 Å². The summed E-state index contributed by atoms with van der Waals surface area (Å²) < 4.78 is 1.94. The Balaban J connectivity index is 2.33. The maximum atomic E-state index is 13.0. The standard InChI is InChI=1S/C18H30N4O2/c1-11(2)15-9-14(20-22(15)18(4,5)6)17(24)21-10-13(16(19)23)8-7-12(21)3/h9,11-13H,7-8,10H2,1-6H3,(H2,19,23). The van der Waals surface area contributed by atoms with Gasteiger partial charge in [-0.2, -0.15) is 5.10 Å². The zero-order valence-electron chi connectivity index (χ0n) is 15.7. The molecule has 0 aliphatic carbocycles. The van der Waals surface area contributed by atoms with Crippen molar-refractivity contribution < 1.29 is 9.59 Å². The first-order valence-corrected chi connectivity index (χ1v) is 8.73. The molecule has 1 saturated heterocycles. The largest absolute Gasteiger partial charge is 0.369 e. The summed E-state index contributed by atoms with van der Waals surface area (Å²) in [6.07, 6.45) is 1.53. The van der Waals surface area contributed by atoms with Gasteiger partial charge in [0.1, 0.15) is 0 Å². The Morgan fingerprint density at radius 1 is 1.29 bits per heavy atom. The van der Waals surface area contributed by atoms with E-state index in [1.807, 2.05) is 17.7 Å². The molecular formula is C18H30N4O2. The van der Waals surface area contributed by atoms with Gasteiger partial charge in [-0.3, -0.25) is 14.3 Å². The molecule has 0 spiro atoms. The van der Waals surface area contributed by atoms with Crippen molar-refractivity contribution >= 4 is 11.8 Å². The van der Waals surface area contributed by atoms with Crippen LogP contribution >= 0.6 is 0 Å². The van der Waals surface area contributed by atoms with Crippen LogP contribution in [0, 0.1) is 5.92 Å². The van der Waals surface area contributed by atoms with Crippen molar-refractivity contribution in [3.05, 3.63) is 17.5 Å². The van der Waals surface area contributed by atoms with Gasteiger partial charge in [-0.25, -0.2) is 0 Å². The molecule has 1 aliphatic rings. The Hall–Kier alpha value is -1.85. The molecule has 2 heterocycles. The maximum Gasteiger partial charge on any atom is 0.274 e. The molecular weight excluding hydrogens is 304 g/mol. The van der Waals surface area contributed by atoms with Gasteiger partial charge in [-0.1, -0.05) is 13.8 Å². The fraction of sp³-hybridized carbons (Fsp3) is 0.722. The number of nitrogens with zero attached hydrogens (tertiary/aromatic N) is 3. The number of rotatable bonds is 3. The molecule has 2 N–H and O–H groups in total. The predicted octanol–water partition coefficient (Wildman–Crippen LogP) is 2.49. The molecule has 1 fully saturated rings. The van der Waals surface area contributed by atoms with Gasteiger partial charge in [0, 0.05) is 18.3 Å². The fourth-order valence-electron chi connectivity index (χ4n) is 3.22. The topological polar surface area (TPSA) is 81.2 Å². The first-order chi connectivity index (χ1) is 11.0. The van der Waals surface area contributed by atoms with E-state index in [0.717, 1.165) is 18.5 Å². The van der Waals surface area contributed by atoms with Gasteiger partial charge in [-0.15, -0.1) is 0 Å². The predicted molar refractivity (Wildman–Crippen MR) is 93.7 cm³/mol. The SMILES string of the molecule is CC(C)c1cc(C(=O)N2CC(C(N)=O)CCC2C)nn1C(C)(C)C. The minimum absolute atomic E-state index is 0.0930. The van der Waals surface area contributed by atoms with Gasteiger partial charge in [0.05, 0.1) is 11.5 Å². The molecule has 0 aromatic carbocycles. The first kappa shape index (κ1) is 18.5. The van der Waals surface area contributed by atoms with E-state index < -0.39 is 0 Å². The van der Waals surface area contributed by atoms with Crippen LogP contribution in [0.15, 0.2) is 6.07 Å². The van der Waals surface area contributed by atoms with Crippen LogP contribution < -0.4 is 5.73 Å². The average Bonchev–Trinajstić information content (AvgIpc) is 2.92. The third-order valence-corrected chi connectivity index (χ3v) is 4.73. The van der Waals surface area contributed by atoms with Gasteiger partial charge in [0.15, 0.2) is 5.69 Å². The second-order valence-corrected chi connectivity index (χ2v) is 8.17. The molecule has 2 unspecified atom stereocenters. The van der Waals surface area contributed by atoms with E-state index in [2.05, 4.69) is 39.7 Å². The molecule has 0 bridgehead atoms. The van der Waals surface area contributed by atoms with Crippen molar-refractivity contribution in [3.8, 4) is 0 Å². The summed E-state index contributed by atoms with van der Waals surface area (Å²) in [7, 11) is 0. The van der Waals surface area contributed by atoms with Crippen LogP contribution in [-0.2, 0) is 10.3 Å². The summed E-state index contributed by atoms with van der Waals surface area (Å²) in [5.74, 6) is -0.434. The van der Waals surface area contributed by atoms with Crippen molar-refractivity contribution in [3.63, 3.8) is 0 Å². The Labute approximate surface area is 144 Å². The van der Waals surface area contributed by atoms with Crippen LogP contribution in [0.3, 0.4) is 0 Å². The summed E-state index contributed by atoms with van der Waals surface area (Å²) in [6, 6.07) is 1.98. The zero-order chi connectivity index (χ0) is 18.2. The Morgan fingerprint density at radius 3 is 2.38 bits per heavy atom. The number of carbonyl (C=O) groups excluding carboxylic acids is 2. The van der Waals surface area contributed by atoms with E-state index >= 15 is 0 Å². The molecule has 2 amide bonds. The lowest BCUT2D eigenvalue weighted by Crippen LogP contribution is -2.48. The highest BCUT2D eigenvalue weighted by Gasteiger charge is 2.34. The van der Waals surface area contributed by atoms with Crippen LogP contribution in [0.2, 0.25) is 0 Å². The summed E-state index contributed by atoms with van der Waals surface area (Å²) in [6.45, 7) is 12.8. The molecule has 1 aromatic rings. The van der Waals surface area contributed by atoms with Crippen LogP contribution in [0.4, 0.5) is 0 Å². The van der Waals surface area contributed by atoms with Crippen molar-refractivity contribution in [1.82, 2.24) is 14.7 Å². The maximum absolute atomic E-state index is 13.0. The van der Waals surface area contributed by atoms with E-state index in [-0.39, 0.29) is 35.2 Å². The molecule has 134 valence electrons. The van der Waals surface area contributed by atoms with Crippen LogP contribution in [-0.4, -0.2) is 39.1 Å². The smallest absolute Gasteiger partial charge is 0.274 e. The summed E-state index contributed by atoms with van der Waals surface area (Å²) in [5, 5.41) is 4.59. The number of carbonyl (C=O) groups is 2. The molecule has 2 rings (SSSR count). The highest BCUT2D eigenvalue weighted by molar-refractivity contribution is 5.93. The van der Waals surface area contributed by atoms with E-state index in [0.29, 0.717) is 12.2 Å². The minimum Gasteiger partial charge on any atom is -0.369 e. The number of hydrogen-bond acceptors (Lipinski definition) is 3. The normalized spacial score (nSPS) is 22.0. The van der Waals surface area contributed by atoms with E-state index in [1.165, 1.54) is 0 Å². The quantitative estimate of drug-likeness (QED) is 0.922. The third kappa shape index (κ3) is 3.62. The molecule has 24 heavy (non-hydrogen) atoms. The molecule has 1 aliphatic heterocycles. The number of hydrogen-bond donors (Lipinski definition) is 1. The number of amides is 2. The van der Waals surface area contributed by atoms with Crippen molar-refractivity contribution in [2.24, 2.45) is 11.7 Å². The van der Waals surface area contributed by atoms with E-state index in [1.54, 1.807) is 4.90 Å². The molecule has 2 atom stereocenters. The molecule has 0 saturated carbocycles. The van der Waals surface area contributed by atoms with Crippen LogP contribution in [0.25, 0.3) is 0 Å². The second-order valence-electron chi connectivity index (χ2n) is 8.17. The molecule has 6 heteroatoms. The number of nitrogens with two attached hydrogens (primary N) is 1. The highest BCUT2D eigenvalue weighted by atomic mass is 16.2. The Kier molecular flexibility index (Phi) is 5.06. The first-order valence-electron chi connectivity index (χ1n) is 8.73. The molecule has 1 aromatic heterocycles. The fourth-order valence-corrected chi connectivity index (χ4v) is 3.22. The van der Waals surface area contributed by atoms with E-state index in [9.17, 15) is 9.59 Å². The van der Waals surface area contributed by atoms with E-state index in [4.69, 9.17) is 5.73 Å². The van der Waals surface area contributed by atoms with Crippen molar-refractivity contribution in [2.45, 2.75) is 71.9 Å². The average molecular weight is 334 g/mol. The highest BCUT2D eigenvalue weighted by Crippen LogP contribution is 2.27. The monoisotopic (exact) mass is 334 g/mol. The van der Waals surface area contributed by atoms with Gasteiger partial charge in [0.25, 0.3) is 5.91 Å². The molecule has 0 radical (unpaired) electrons. The van der Waals surface area contributed by atoms with Crippen molar-refractivity contribution in [1.29, 1.82) is 0 Å². The van der Waals surface area contributed by atoms with Crippen molar-refractivity contribution in [2.75, 3.05) is 6.54 Å². The Morgan fingerprint density at radius 2 is 1.92 bits per heavy atom. The lowest BCUT2D eigenvalue weighted by molar-refractivity contribution is -0.123. The van der Waals surface area contributed by atoms with Gasteiger partial charge >= 0.3 is 0 Å². The van der Waals surface area contributed by atoms with Gasteiger partial charge in [0.2, 0.25) is 5.91 Å². The number of piperidine rings is 1. The zero-order valence-corrected chi connectivity index (χ0v) is 15.7. The lowest BCUT2D eigenvalue weighted by Gasteiger charge is -2.36. The summed E-state index contributed by atoms with van der Waals surface area (Å²) in [5.41, 5.74) is 6.74. The molecule has 6 nitrogen and oxygen atoms in total. The number of likely N-dealkylation sites (tertiary alicyclic amines) is 1. The minimum atomic E-state index is -0.331. The summed E-state index contributed by atoms with van der Waals surface area (Å²) in [4.78, 5) is 26.2. The van der Waals surface area contributed by atoms with Gasteiger partial charge in [-0.05, 0) is 52.5 Å². The van der Waals surface area contributed by atoms with Crippen LogP contribution in [0.5, 0.6) is 0 Å². The third-order valence-electron chi connectivity index (χ3n) is 4.73.